The van der Waals surface area contributed by atoms with Crippen LogP contribution in [0.2, 0.25) is 0 Å². The van der Waals surface area contributed by atoms with Crippen LogP contribution in [0.4, 0.5) is 9.59 Å². The summed E-state index contributed by atoms with van der Waals surface area (Å²) in [6.45, 7) is 7.45. The van der Waals surface area contributed by atoms with Crippen molar-refractivity contribution in [2.75, 3.05) is 20.1 Å². The third-order valence-corrected chi connectivity index (χ3v) is 11.3. The number of benzene rings is 1. The minimum absolute atomic E-state index is 0.0711. The van der Waals surface area contributed by atoms with Crippen molar-refractivity contribution in [3.05, 3.63) is 47.5 Å². The van der Waals surface area contributed by atoms with Crippen LogP contribution in [-0.2, 0) is 47.2 Å². The molecule has 280 valence electrons. The Morgan fingerprint density at radius 2 is 1.76 bits per heavy atom. The predicted octanol–water partition coefficient (Wildman–Crippen LogP) is 2.71. The Bertz CT molecular complexity index is 1640. The zero-order chi connectivity index (χ0) is 37.1. The van der Waals surface area contributed by atoms with E-state index in [1.165, 1.54) is 11.9 Å². The van der Waals surface area contributed by atoms with Gasteiger partial charge in [0.25, 0.3) is 5.91 Å². The van der Waals surface area contributed by atoms with Gasteiger partial charge in [-0.1, -0.05) is 56.2 Å². The maximum Gasteiger partial charge on any atom is 0.410 e. The van der Waals surface area contributed by atoms with E-state index < -0.39 is 75.4 Å². The number of fused-ring (bicyclic) bond motifs is 3. The van der Waals surface area contributed by atoms with Crippen molar-refractivity contribution in [1.29, 1.82) is 0 Å². The summed E-state index contributed by atoms with van der Waals surface area (Å²) in [7, 11) is -2.85. The highest BCUT2D eigenvalue weighted by Gasteiger charge is 2.62. The lowest BCUT2D eigenvalue weighted by atomic mass is 10.0. The first-order chi connectivity index (χ1) is 24.0. The van der Waals surface area contributed by atoms with E-state index in [4.69, 9.17) is 9.47 Å². The van der Waals surface area contributed by atoms with Gasteiger partial charge < -0.3 is 25.0 Å². The number of hydrogen-bond donors (Lipinski definition) is 3. The van der Waals surface area contributed by atoms with Crippen LogP contribution in [0.25, 0.3) is 0 Å². The number of nitrogens with zero attached hydrogens (tertiary/aromatic N) is 3. The van der Waals surface area contributed by atoms with Gasteiger partial charge in [-0.15, -0.1) is 0 Å². The van der Waals surface area contributed by atoms with E-state index in [0.29, 0.717) is 25.9 Å². The van der Waals surface area contributed by atoms with Gasteiger partial charge in [0.05, 0.1) is 6.54 Å². The normalized spacial score (nSPS) is 27.6. The molecule has 1 aromatic rings. The van der Waals surface area contributed by atoms with Crippen molar-refractivity contribution in [3.63, 3.8) is 0 Å². The zero-order valence-electron chi connectivity index (χ0n) is 30.0. The minimum Gasteiger partial charge on any atom is -0.444 e. The molecule has 15 nitrogen and oxygen atoms in total. The van der Waals surface area contributed by atoms with Crippen LogP contribution < -0.4 is 15.4 Å². The quantitative estimate of drug-likeness (QED) is 0.371. The number of carbonyl (C=O) groups is 5. The largest absolute Gasteiger partial charge is 0.444 e. The number of carbonyl (C=O) groups excluding carboxylic acids is 5. The molecule has 0 spiro atoms. The fourth-order valence-electron chi connectivity index (χ4n) is 6.75. The average molecular weight is 731 g/mol. The molecular weight excluding hydrogens is 680 g/mol. The molecule has 1 aromatic carbocycles. The van der Waals surface area contributed by atoms with Crippen LogP contribution in [-0.4, -0.2) is 102 Å². The molecular formula is C35H50N6O9S. The molecule has 0 radical (unpaired) electrons. The van der Waals surface area contributed by atoms with Gasteiger partial charge in [-0.3, -0.25) is 19.3 Å². The number of hydrogen-bond acceptors (Lipinski definition) is 9. The van der Waals surface area contributed by atoms with Crippen molar-refractivity contribution in [2.45, 2.75) is 115 Å². The molecule has 1 saturated carbocycles. The number of ether oxygens (including phenoxy) is 2. The monoisotopic (exact) mass is 730 g/mol. The van der Waals surface area contributed by atoms with Crippen molar-refractivity contribution in [2.24, 2.45) is 5.92 Å². The van der Waals surface area contributed by atoms with Crippen molar-refractivity contribution < 1.29 is 41.9 Å². The van der Waals surface area contributed by atoms with E-state index in [1.807, 2.05) is 36.4 Å². The van der Waals surface area contributed by atoms with Crippen molar-refractivity contribution in [1.82, 2.24) is 29.5 Å². The summed E-state index contributed by atoms with van der Waals surface area (Å²) in [6, 6.07) is 5.43. The van der Waals surface area contributed by atoms with E-state index in [2.05, 4.69) is 15.4 Å². The number of amides is 5. The zero-order valence-corrected chi connectivity index (χ0v) is 30.8. The van der Waals surface area contributed by atoms with Crippen LogP contribution in [0.15, 0.2) is 36.4 Å². The molecule has 2 fully saturated rings. The number of allylic oxidation sites excluding steroid dienone is 1. The predicted molar refractivity (Wildman–Crippen MR) is 186 cm³/mol. The number of nitrogens with one attached hydrogen (secondary N) is 3. The molecule has 5 rings (SSSR count). The smallest absolute Gasteiger partial charge is 0.410 e. The van der Waals surface area contributed by atoms with Crippen LogP contribution in [0.3, 0.4) is 0 Å². The molecule has 0 unspecified atom stereocenters. The third-order valence-electron chi connectivity index (χ3n) is 9.78. The Kier molecular flexibility index (Phi) is 11.3. The second-order valence-electron chi connectivity index (χ2n) is 14.8. The topological polar surface area (TPSA) is 184 Å². The van der Waals surface area contributed by atoms with Gasteiger partial charge in [-0.05, 0) is 57.6 Å². The second kappa shape index (κ2) is 15.2. The highest BCUT2D eigenvalue weighted by molar-refractivity contribution is 7.87. The molecule has 51 heavy (non-hydrogen) atoms. The molecule has 5 atom stereocenters. The fraction of sp³-hybridized carbons (Fsp3) is 0.629. The molecule has 3 N–H and O–H groups in total. The van der Waals surface area contributed by atoms with Gasteiger partial charge in [0, 0.05) is 39.0 Å². The first-order valence-electron chi connectivity index (χ1n) is 17.6. The molecule has 3 heterocycles. The Labute approximate surface area is 299 Å². The molecule has 3 aliphatic heterocycles. The SMILES string of the molecule is CCN(C)S(=O)(=O)NC(=O)[C@@]12C[C@H]1/C=C\CCCCC[C@H](NC(=O)OC(C)(C)C)C(=O)N1C[C@H](OC(=O)N3Cc4ccccc4C3)C[C@H]1C(=O)N2. The van der Waals surface area contributed by atoms with Gasteiger partial charge in [0.1, 0.15) is 29.3 Å². The van der Waals surface area contributed by atoms with Crippen molar-refractivity contribution >= 4 is 40.1 Å². The van der Waals surface area contributed by atoms with Gasteiger partial charge in [0.2, 0.25) is 11.8 Å². The number of rotatable bonds is 6. The summed E-state index contributed by atoms with van der Waals surface area (Å²) in [4.78, 5) is 71.2. The lowest BCUT2D eigenvalue weighted by molar-refractivity contribution is -0.141. The summed E-state index contributed by atoms with van der Waals surface area (Å²) in [5.41, 5.74) is -0.390. The van der Waals surface area contributed by atoms with Gasteiger partial charge in [-0.25, -0.2) is 14.3 Å². The maximum atomic E-state index is 14.3. The van der Waals surface area contributed by atoms with Crippen LogP contribution in [0.1, 0.15) is 83.8 Å². The van der Waals surface area contributed by atoms with E-state index >= 15 is 0 Å². The van der Waals surface area contributed by atoms with E-state index in [9.17, 15) is 32.4 Å². The first-order valence-corrected chi connectivity index (χ1v) is 19.1. The van der Waals surface area contributed by atoms with E-state index in [1.54, 1.807) is 32.6 Å². The number of alkyl carbamates (subject to hydrolysis) is 1. The van der Waals surface area contributed by atoms with Gasteiger partial charge in [-0.2, -0.15) is 12.7 Å². The van der Waals surface area contributed by atoms with Crippen LogP contribution >= 0.6 is 0 Å². The highest BCUT2D eigenvalue weighted by Crippen LogP contribution is 2.46. The minimum atomic E-state index is -4.18. The van der Waals surface area contributed by atoms with Crippen LogP contribution in [0.5, 0.6) is 0 Å². The summed E-state index contributed by atoms with van der Waals surface area (Å²) in [5.74, 6) is -2.62. The molecule has 0 aromatic heterocycles. The average Bonchev–Trinajstić information content (AvgIpc) is 3.36. The molecule has 5 amide bonds. The Morgan fingerprint density at radius 1 is 1.08 bits per heavy atom. The Morgan fingerprint density at radius 3 is 2.41 bits per heavy atom. The standard InChI is InChI=1S/C35H50N6O9S/c1-6-39(5)51(47,48)38-31(44)35-19-25(35)16-10-8-7-9-11-17-27(36-32(45)50-34(2,3)4)30(43)41-22-26(18-28(41)29(42)37-35)49-33(46)40-20-23-14-12-13-15-24(23)21-40/h10,12-16,25-28H,6-9,11,17-22H2,1-5H3,(H,36,45)(H,37,42)(H,38,44)/b16-10-/t25-,26-,27+,28+,35-/m1/s1. The van der Waals surface area contributed by atoms with E-state index in [0.717, 1.165) is 28.3 Å². The molecule has 1 saturated heterocycles. The molecule has 4 aliphatic rings. The third kappa shape index (κ3) is 9.01. The Hall–Kier alpha value is -4.18. The summed E-state index contributed by atoms with van der Waals surface area (Å²) in [5, 5.41) is 5.48. The van der Waals surface area contributed by atoms with Crippen LogP contribution in [0, 0.1) is 5.92 Å². The summed E-state index contributed by atoms with van der Waals surface area (Å²) >= 11 is 0. The first kappa shape index (κ1) is 38.1. The van der Waals surface area contributed by atoms with Gasteiger partial charge >= 0.3 is 22.4 Å². The maximum absolute atomic E-state index is 14.3. The highest BCUT2D eigenvalue weighted by atomic mass is 32.2. The van der Waals surface area contributed by atoms with Gasteiger partial charge in [0.15, 0.2) is 0 Å². The van der Waals surface area contributed by atoms with E-state index in [-0.39, 0.29) is 32.4 Å². The lowest BCUT2D eigenvalue weighted by Gasteiger charge is -2.30. The lowest BCUT2D eigenvalue weighted by Crippen LogP contribution is -2.59. The fourth-order valence-corrected chi connectivity index (χ4v) is 7.66. The second-order valence-corrected chi connectivity index (χ2v) is 16.5. The molecule has 16 heteroatoms. The Balaban J connectivity index is 1.41. The molecule has 1 aliphatic carbocycles. The summed E-state index contributed by atoms with van der Waals surface area (Å²) < 4.78 is 40.1. The summed E-state index contributed by atoms with van der Waals surface area (Å²) in [6.07, 6.45) is 4.61. The molecule has 0 bridgehead atoms. The van der Waals surface area contributed by atoms with Crippen molar-refractivity contribution in [3.8, 4) is 0 Å².